The van der Waals surface area contributed by atoms with Gasteiger partial charge in [0.1, 0.15) is 18.2 Å². The van der Waals surface area contributed by atoms with Crippen LogP contribution in [-0.2, 0) is 24.4 Å². The van der Waals surface area contributed by atoms with Crippen molar-refractivity contribution in [3.8, 4) is 5.75 Å². The Labute approximate surface area is 214 Å². The van der Waals surface area contributed by atoms with Gasteiger partial charge in [0, 0.05) is 44.4 Å². The molecule has 33 heavy (non-hydrogen) atoms. The Morgan fingerprint density at radius 3 is 2.64 bits per heavy atom. The van der Waals surface area contributed by atoms with E-state index in [-0.39, 0.29) is 35.9 Å². The lowest BCUT2D eigenvalue weighted by molar-refractivity contribution is 0.0676. The number of guanidine groups is 1. The minimum Gasteiger partial charge on any atom is -0.491 e. The Hall–Kier alpha value is -1.91. The second-order valence-corrected chi connectivity index (χ2v) is 8.50. The molecule has 6 nitrogen and oxygen atoms in total. The summed E-state index contributed by atoms with van der Waals surface area (Å²) in [5.41, 5.74) is 3.90. The number of ether oxygens (including phenoxy) is 2. The second-order valence-electron chi connectivity index (χ2n) is 8.50. The van der Waals surface area contributed by atoms with Crippen molar-refractivity contribution >= 4 is 29.9 Å². The van der Waals surface area contributed by atoms with Crippen LogP contribution in [0.25, 0.3) is 0 Å². The summed E-state index contributed by atoms with van der Waals surface area (Å²) in [5, 5.41) is 6.65. The van der Waals surface area contributed by atoms with Gasteiger partial charge in [-0.2, -0.15) is 0 Å². The van der Waals surface area contributed by atoms with Gasteiger partial charge in [-0.3, -0.25) is 4.99 Å². The number of aliphatic imine (C=N–C) groups is 1. The average Bonchev–Trinajstić information content (AvgIpc) is 3.29. The predicted octanol–water partition coefficient (Wildman–Crippen LogP) is 4.24. The van der Waals surface area contributed by atoms with E-state index in [0.717, 1.165) is 41.9 Å². The van der Waals surface area contributed by atoms with E-state index in [9.17, 15) is 4.39 Å². The van der Waals surface area contributed by atoms with Crippen LogP contribution in [-0.4, -0.2) is 51.3 Å². The van der Waals surface area contributed by atoms with E-state index in [1.165, 1.54) is 6.07 Å². The molecule has 2 aromatic rings. The first kappa shape index (κ1) is 27.3. The van der Waals surface area contributed by atoms with E-state index >= 15 is 0 Å². The van der Waals surface area contributed by atoms with Crippen molar-refractivity contribution in [3.05, 3.63) is 64.5 Å². The zero-order valence-electron chi connectivity index (χ0n) is 20.0. The zero-order valence-corrected chi connectivity index (χ0v) is 22.3. The number of halogens is 2. The molecule has 0 bridgehead atoms. The standard InChI is InChI=1S/C25H35FN4O2.HI/c1-18-7-9-20(24(12-18)32-17-22-6-5-11-31-22)15-29-25(27-2)28-14-19-8-10-23(26)21(13-19)16-30(3)4;/h7-10,12-13,22H,5-6,11,14-17H2,1-4H3,(H2,27,28,29);1H. The molecule has 2 aromatic carbocycles. The highest BCUT2D eigenvalue weighted by Crippen LogP contribution is 2.22. The number of hydrogen-bond acceptors (Lipinski definition) is 4. The number of nitrogens with one attached hydrogen (secondary N) is 2. The molecular weight excluding hydrogens is 534 g/mol. The van der Waals surface area contributed by atoms with E-state index in [4.69, 9.17) is 9.47 Å². The summed E-state index contributed by atoms with van der Waals surface area (Å²) in [7, 11) is 5.60. The van der Waals surface area contributed by atoms with Crippen LogP contribution in [0.2, 0.25) is 0 Å². The van der Waals surface area contributed by atoms with Gasteiger partial charge in [-0.1, -0.05) is 18.2 Å². The van der Waals surface area contributed by atoms with Gasteiger partial charge in [-0.25, -0.2) is 4.39 Å². The van der Waals surface area contributed by atoms with Gasteiger partial charge in [-0.05, 0) is 63.2 Å². The Morgan fingerprint density at radius 2 is 1.94 bits per heavy atom. The van der Waals surface area contributed by atoms with Crippen LogP contribution in [0, 0.1) is 12.7 Å². The minimum atomic E-state index is -0.181. The number of aryl methyl sites for hydroxylation is 1. The van der Waals surface area contributed by atoms with E-state index in [0.29, 0.717) is 37.8 Å². The Balaban J connectivity index is 0.00000385. The molecule has 2 N–H and O–H groups in total. The van der Waals surface area contributed by atoms with Gasteiger partial charge in [0.05, 0.1) is 6.10 Å². The lowest BCUT2D eigenvalue weighted by atomic mass is 10.1. The van der Waals surface area contributed by atoms with Gasteiger partial charge in [0.2, 0.25) is 0 Å². The van der Waals surface area contributed by atoms with Gasteiger partial charge < -0.3 is 25.0 Å². The zero-order chi connectivity index (χ0) is 22.9. The maximum Gasteiger partial charge on any atom is 0.191 e. The Morgan fingerprint density at radius 1 is 1.15 bits per heavy atom. The lowest BCUT2D eigenvalue weighted by Gasteiger charge is -2.17. The van der Waals surface area contributed by atoms with Gasteiger partial charge in [-0.15, -0.1) is 24.0 Å². The van der Waals surface area contributed by atoms with Crippen molar-refractivity contribution in [1.82, 2.24) is 15.5 Å². The fraction of sp³-hybridized carbons (Fsp3) is 0.480. The molecule has 0 aromatic heterocycles. The molecule has 1 heterocycles. The molecular formula is C25H36FIN4O2. The fourth-order valence-electron chi connectivity index (χ4n) is 3.69. The number of rotatable bonds is 9. The molecule has 1 saturated heterocycles. The SMILES string of the molecule is CN=C(NCc1ccc(F)c(CN(C)C)c1)NCc1ccc(C)cc1OCC1CCCO1.I. The third kappa shape index (κ3) is 8.75. The van der Waals surface area contributed by atoms with Crippen LogP contribution in [0.4, 0.5) is 4.39 Å². The van der Waals surface area contributed by atoms with Crippen LogP contribution in [0.5, 0.6) is 5.75 Å². The first-order valence-electron chi connectivity index (χ1n) is 11.1. The fourth-order valence-corrected chi connectivity index (χ4v) is 3.69. The molecule has 0 spiro atoms. The van der Waals surface area contributed by atoms with Crippen LogP contribution in [0.1, 0.15) is 35.1 Å². The smallest absolute Gasteiger partial charge is 0.191 e. The van der Waals surface area contributed by atoms with Crippen molar-refractivity contribution in [2.75, 3.05) is 34.4 Å². The Bertz CT molecular complexity index is 917. The summed E-state index contributed by atoms with van der Waals surface area (Å²) < 4.78 is 25.8. The third-order valence-electron chi connectivity index (χ3n) is 5.40. The first-order valence-corrected chi connectivity index (χ1v) is 11.1. The third-order valence-corrected chi connectivity index (χ3v) is 5.40. The Kier molecular flexibility index (Phi) is 11.4. The highest BCUT2D eigenvalue weighted by molar-refractivity contribution is 14.0. The molecule has 0 radical (unpaired) electrons. The van der Waals surface area contributed by atoms with Crippen molar-refractivity contribution in [2.24, 2.45) is 4.99 Å². The van der Waals surface area contributed by atoms with E-state index in [2.05, 4.69) is 40.7 Å². The largest absolute Gasteiger partial charge is 0.491 e. The molecule has 0 aliphatic carbocycles. The van der Waals surface area contributed by atoms with Crippen LogP contribution in [0.3, 0.4) is 0 Å². The quantitative estimate of drug-likeness (QED) is 0.269. The van der Waals surface area contributed by atoms with Crippen molar-refractivity contribution < 1.29 is 13.9 Å². The summed E-state index contributed by atoms with van der Waals surface area (Å²) in [6.07, 6.45) is 2.33. The summed E-state index contributed by atoms with van der Waals surface area (Å²) in [6, 6.07) is 11.4. The molecule has 1 atom stereocenters. The highest BCUT2D eigenvalue weighted by atomic mass is 127. The molecule has 0 saturated carbocycles. The number of benzene rings is 2. The van der Waals surface area contributed by atoms with Gasteiger partial charge in [0.15, 0.2) is 5.96 Å². The van der Waals surface area contributed by atoms with Crippen LogP contribution >= 0.6 is 24.0 Å². The lowest BCUT2D eigenvalue weighted by Crippen LogP contribution is -2.36. The summed E-state index contributed by atoms with van der Waals surface area (Å²) in [6.45, 7) is 5.15. The molecule has 8 heteroatoms. The van der Waals surface area contributed by atoms with Gasteiger partial charge in [0.25, 0.3) is 0 Å². The van der Waals surface area contributed by atoms with E-state index in [1.807, 2.05) is 25.1 Å². The molecule has 1 aliphatic heterocycles. The topological polar surface area (TPSA) is 58.1 Å². The van der Waals surface area contributed by atoms with E-state index in [1.54, 1.807) is 13.1 Å². The highest BCUT2D eigenvalue weighted by Gasteiger charge is 2.17. The molecule has 0 amide bonds. The summed E-state index contributed by atoms with van der Waals surface area (Å²) in [5.74, 6) is 1.37. The number of hydrogen-bond donors (Lipinski definition) is 2. The monoisotopic (exact) mass is 570 g/mol. The van der Waals surface area contributed by atoms with E-state index < -0.39 is 0 Å². The first-order chi connectivity index (χ1) is 15.4. The van der Waals surface area contributed by atoms with Crippen LogP contribution in [0.15, 0.2) is 41.4 Å². The minimum absolute atomic E-state index is 0. The molecule has 1 fully saturated rings. The average molecular weight is 570 g/mol. The molecule has 182 valence electrons. The summed E-state index contributed by atoms with van der Waals surface area (Å²) >= 11 is 0. The van der Waals surface area contributed by atoms with Gasteiger partial charge >= 0.3 is 0 Å². The number of nitrogens with zero attached hydrogens (tertiary/aromatic N) is 2. The molecule has 3 rings (SSSR count). The van der Waals surface area contributed by atoms with Crippen molar-refractivity contribution in [3.63, 3.8) is 0 Å². The maximum atomic E-state index is 14.0. The molecule has 1 aliphatic rings. The van der Waals surface area contributed by atoms with Crippen molar-refractivity contribution in [1.29, 1.82) is 0 Å². The summed E-state index contributed by atoms with van der Waals surface area (Å²) in [4.78, 5) is 6.27. The maximum absolute atomic E-state index is 14.0. The normalized spacial score (nSPS) is 15.9. The predicted molar refractivity (Wildman–Crippen MR) is 142 cm³/mol. The van der Waals surface area contributed by atoms with Crippen LogP contribution < -0.4 is 15.4 Å². The molecule has 1 unspecified atom stereocenters. The van der Waals surface area contributed by atoms with Crippen molar-refractivity contribution in [2.45, 2.75) is 45.5 Å². The second kappa shape index (κ2) is 13.7.